The molecule has 8 heteroatoms. The summed E-state index contributed by atoms with van der Waals surface area (Å²) in [6.45, 7) is 7.46. The van der Waals surface area contributed by atoms with Gasteiger partial charge in [-0.15, -0.1) is 0 Å². The van der Waals surface area contributed by atoms with Gasteiger partial charge in [-0.3, -0.25) is 0 Å². The SMILES string of the molecule is CC(C)(C)OC(=O)NC1CC(Oc2nccnc2N2CCC(CO)CC2)C1. The molecular formula is C19H30N4O4. The van der Waals surface area contributed by atoms with Crippen molar-refractivity contribution < 1.29 is 19.4 Å². The molecule has 0 unspecified atom stereocenters. The molecule has 2 aliphatic rings. The number of hydrogen-bond acceptors (Lipinski definition) is 7. The van der Waals surface area contributed by atoms with E-state index in [9.17, 15) is 9.90 Å². The maximum atomic E-state index is 11.8. The highest BCUT2D eigenvalue weighted by Crippen LogP contribution is 2.32. The Morgan fingerprint density at radius 1 is 1.26 bits per heavy atom. The van der Waals surface area contributed by atoms with Crippen LogP contribution in [0.4, 0.5) is 10.6 Å². The molecule has 1 aliphatic heterocycles. The minimum atomic E-state index is -0.498. The number of nitrogens with one attached hydrogen (secondary N) is 1. The van der Waals surface area contributed by atoms with Gasteiger partial charge in [-0.1, -0.05) is 0 Å². The van der Waals surface area contributed by atoms with E-state index in [1.165, 1.54) is 0 Å². The Morgan fingerprint density at radius 2 is 1.93 bits per heavy atom. The Labute approximate surface area is 160 Å². The van der Waals surface area contributed by atoms with Crippen molar-refractivity contribution in [2.75, 3.05) is 24.6 Å². The molecule has 0 radical (unpaired) electrons. The Bertz CT molecular complexity index is 635. The van der Waals surface area contributed by atoms with E-state index in [4.69, 9.17) is 9.47 Å². The van der Waals surface area contributed by atoms with Gasteiger partial charge in [0.05, 0.1) is 0 Å². The van der Waals surface area contributed by atoms with Crippen LogP contribution in [0.1, 0.15) is 46.5 Å². The van der Waals surface area contributed by atoms with Crippen molar-refractivity contribution in [3.8, 4) is 5.88 Å². The number of aromatic nitrogens is 2. The van der Waals surface area contributed by atoms with Crippen molar-refractivity contribution in [3.63, 3.8) is 0 Å². The zero-order valence-corrected chi connectivity index (χ0v) is 16.4. The van der Waals surface area contributed by atoms with Crippen LogP contribution in [0.3, 0.4) is 0 Å². The molecule has 2 N–H and O–H groups in total. The first kappa shape index (κ1) is 19.7. The number of hydrogen-bond donors (Lipinski definition) is 2. The first-order valence-electron chi connectivity index (χ1n) is 9.67. The van der Waals surface area contributed by atoms with Gasteiger partial charge in [0.25, 0.3) is 5.88 Å². The van der Waals surface area contributed by atoms with Crippen LogP contribution in [0.2, 0.25) is 0 Å². The summed E-state index contributed by atoms with van der Waals surface area (Å²) < 4.78 is 11.3. The minimum Gasteiger partial charge on any atom is -0.472 e. The van der Waals surface area contributed by atoms with Crippen molar-refractivity contribution in [1.82, 2.24) is 15.3 Å². The number of aliphatic hydroxyl groups is 1. The molecule has 2 heterocycles. The molecule has 0 bridgehead atoms. The van der Waals surface area contributed by atoms with Crippen LogP contribution >= 0.6 is 0 Å². The van der Waals surface area contributed by atoms with Crippen molar-refractivity contribution in [2.24, 2.45) is 5.92 Å². The van der Waals surface area contributed by atoms with Crippen LogP contribution < -0.4 is 15.0 Å². The first-order valence-corrected chi connectivity index (χ1v) is 9.67. The number of carbonyl (C=O) groups excluding carboxylic acids is 1. The number of nitrogens with zero attached hydrogens (tertiary/aromatic N) is 3. The van der Waals surface area contributed by atoms with Crippen LogP contribution in [-0.4, -0.2) is 58.6 Å². The number of anilines is 1. The number of ether oxygens (including phenoxy) is 2. The normalized spacial score (nSPS) is 23.5. The van der Waals surface area contributed by atoms with E-state index in [0.29, 0.717) is 11.8 Å². The average Bonchev–Trinajstić information content (AvgIpc) is 2.59. The van der Waals surface area contributed by atoms with Crippen molar-refractivity contribution >= 4 is 11.9 Å². The summed E-state index contributed by atoms with van der Waals surface area (Å²) in [4.78, 5) is 22.8. The third-order valence-corrected chi connectivity index (χ3v) is 4.91. The molecule has 0 aromatic carbocycles. The molecule has 1 aromatic rings. The molecule has 0 atom stereocenters. The van der Waals surface area contributed by atoms with Gasteiger partial charge in [0, 0.05) is 51.0 Å². The number of aliphatic hydroxyl groups excluding tert-OH is 1. The third-order valence-electron chi connectivity index (χ3n) is 4.91. The fourth-order valence-corrected chi connectivity index (χ4v) is 3.36. The second-order valence-corrected chi connectivity index (χ2v) is 8.35. The summed E-state index contributed by atoms with van der Waals surface area (Å²) in [7, 11) is 0. The van der Waals surface area contributed by atoms with Gasteiger partial charge >= 0.3 is 6.09 Å². The summed E-state index contributed by atoms with van der Waals surface area (Å²) in [5, 5.41) is 12.2. The maximum absolute atomic E-state index is 11.8. The third kappa shape index (κ3) is 5.45. The molecule has 3 rings (SSSR count). The zero-order chi connectivity index (χ0) is 19.4. The predicted octanol–water partition coefficient (Wildman–Crippen LogP) is 2.12. The van der Waals surface area contributed by atoms with E-state index in [1.807, 2.05) is 20.8 Å². The van der Waals surface area contributed by atoms with Crippen LogP contribution in [0.5, 0.6) is 5.88 Å². The second-order valence-electron chi connectivity index (χ2n) is 8.35. The molecule has 1 aromatic heterocycles. The van der Waals surface area contributed by atoms with Gasteiger partial charge in [0.2, 0.25) is 0 Å². The lowest BCUT2D eigenvalue weighted by atomic mass is 9.89. The summed E-state index contributed by atoms with van der Waals surface area (Å²) in [6, 6.07) is 0.0604. The van der Waals surface area contributed by atoms with Crippen LogP contribution in [0.25, 0.3) is 0 Å². The molecule has 150 valence electrons. The van der Waals surface area contributed by atoms with Gasteiger partial charge in [-0.05, 0) is 39.5 Å². The van der Waals surface area contributed by atoms with Gasteiger partial charge in [-0.2, -0.15) is 0 Å². The second kappa shape index (κ2) is 8.29. The van der Waals surface area contributed by atoms with Crippen molar-refractivity contribution in [3.05, 3.63) is 12.4 Å². The number of carbonyl (C=O) groups is 1. The summed E-state index contributed by atoms with van der Waals surface area (Å²) >= 11 is 0. The summed E-state index contributed by atoms with van der Waals surface area (Å²) in [5.74, 6) is 1.67. The van der Waals surface area contributed by atoms with E-state index >= 15 is 0 Å². The molecule has 8 nitrogen and oxygen atoms in total. The Kier molecular flexibility index (Phi) is 6.04. The smallest absolute Gasteiger partial charge is 0.407 e. The van der Waals surface area contributed by atoms with E-state index < -0.39 is 11.7 Å². The summed E-state index contributed by atoms with van der Waals surface area (Å²) in [6.07, 6.45) is 6.26. The molecule has 0 spiro atoms. The zero-order valence-electron chi connectivity index (χ0n) is 16.4. The molecule has 2 fully saturated rings. The quantitative estimate of drug-likeness (QED) is 0.810. The predicted molar refractivity (Wildman–Crippen MR) is 101 cm³/mol. The monoisotopic (exact) mass is 378 g/mol. The van der Waals surface area contributed by atoms with E-state index in [0.717, 1.165) is 44.6 Å². The largest absolute Gasteiger partial charge is 0.472 e. The Hall–Kier alpha value is -2.09. The molecule has 1 saturated carbocycles. The number of piperidine rings is 1. The topological polar surface area (TPSA) is 96.8 Å². The van der Waals surface area contributed by atoms with E-state index in [2.05, 4.69) is 20.2 Å². The van der Waals surface area contributed by atoms with E-state index in [1.54, 1.807) is 12.4 Å². The van der Waals surface area contributed by atoms with Gasteiger partial charge in [0.15, 0.2) is 5.82 Å². The molecule has 27 heavy (non-hydrogen) atoms. The fourth-order valence-electron chi connectivity index (χ4n) is 3.36. The van der Waals surface area contributed by atoms with Crippen molar-refractivity contribution in [1.29, 1.82) is 0 Å². The highest BCUT2D eigenvalue weighted by molar-refractivity contribution is 5.68. The van der Waals surface area contributed by atoms with Crippen LogP contribution in [0.15, 0.2) is 12.4 Å². The number of amides is 1. The maximum Gasteiger partial charge on any atom is 0.407 e. The highest BCUT2D eigenvalue weighted by atomic mass is 16.6. The Morgan fingerprint density at radius 3 is 2.56 bits per heavy atom. The minimum absolute atomic E-state index is 0.00960. The highest BCUT2D eigenvalue weighted by Gasteiger charge is 2.34. The number of alkyl carbamates (subject to hydrolysis) is 1. The van der Waals surface area contributed by atoms with Crippen molar-refractivity contribution in [2.45, 2.75) is 64.2 Å². The number of rotatable bonds is 5. The standard InChI is InChI=1S/C19H30N4O4/c1-19(2,3)27-18(25)22-14-10-15(11-14)26-17-16(20-6-7-21-17)23-8-4-13(12-24)5-9-23/h6-7,13-15,24H,4-5,8-12H2,1-3H3,(H,22,25). The molecular weight excluding hydrogens is 348 g/mol. The molecule has 1 aliphatic carbocycles. The summed E-state index contributed by atoms with van der Waals surface area (Å²) in [5.41, 5.74) is -0.498. The van der Waals surface area contributed by atoms with Crippen LogP contribution in [0, 0.1) is 5.92 Å². The lowest BCUT2D eigenvalue weighted by Crippen LogP contribution is -2.50. The lowest BCUT2D eigenvalue weighted by molar-refractivity contribution is 0.0354. The van der Waals surface area contributed by atoms with E-state index in [-0.39, 0.29) is 18.8 Å². The lowest BCUT2D eigenvalue weighted by Gasteiger charge is -2.37. The average molecular weight is 378 g/mol. The van der Waals surface area contributed by atoms with Gasteiger partial charge in [0.1, 0.15) is 11.7 Å². The first-order chi connectivity index (χ1) is 12.8. The van der Waals surface area contributed by atoms with Gasteiger partial charge in [-0.25, -0.2) is 14.8 Å². The van der Waals surface area contributed by atoms with Gasteiger partial charge < -0.3 is 24.8 Å². The van der Waals surface area contributed by atoms with Crippen LogP contribution in [-0.2, 0) is 4.74 Å². The molecule has 1 saturated heterocycles. The Balaban J connectivity index is 1.49. The molecule has 1 amide bonds. The fraction of sp³-hybridized carbons (Fsp3) is 0.737.